The lowest BCUT2D eigenvalue weighted by atomic mass is 10.2. The third-order valence-electron chi connectivity index (χ3n) is 3.41. The van der Waals surface area contributed by atoms with Crippen LogP contribution in [-0.4, -0.2) is 36.0 Å². The molecule has 0 unspecified atom stereocenters. The van der Waals surface area contributed by atoms with Crippen LogP contribution >= 0.6 is 11.8 Å². The fraction of sp³-hybridized carbons (Fsp3) is 0.471. The molecule has 1 aromatic carbocycles. The zero-order valence-corrected chi connectivity index (χ0v) is 14.3. The number of hydrogen-bond donors (Lipinski definition) is 3. The van der Waals surface area contributed by atoms with Crippen LogP contribution in [0.2, 0.25) is 0 Å². The lowest BCUT2D eigenvalue weighted by Crippen LogP contribution is -2.37. The molecule has 0 atom stereocenters. The molecule has 3 N–H and O–H groups in total. The van der Waals surface area contributed by atoms with E-state index in [4.69, 9.17) is 0 Å². The van der Waals surface area contributed by atoms with Crippen molar-refractivity contribution in [1.29, 1.82) is 0 Å². The van der Waals surface area contributed by atoms with Gasteiger partial charge in [-0.1, -0.05) is 18.2 Å². The van der Waals surface area contributed by atoms with Crippen molar-refractivity contribution in [3.8, 4) is 0 Å². The van der Waals surface area contributed by atoms with Gasteiger partial charge in [0.15, 0.2) is 5.96 Å². The minimum Gasteiger partial charge on any atom is -0.357 e. The molecule has 0 aliphatic heterocycles. The molecule has 2 aromatic rings. The zero-order valence-electron chi connectivity index (χ0n) is 13.5. The number of guanidine groups is 1. The predicted octanol–water partition coefficient (Wildman–Crippen LogP) is 3.37. The molecular weight excluding hydrogens is 292 g/mol. The van der Waals surface area contributed by atoms with Gasteiger partial charge in [-0.05, 0) is 49.3 Å². The number of hydrogen-bond acceptors (Lipinski definition) is 2. The Balaban J connectivity index is 1.88. The van der Waals surface area contributed by atoms with Crippen LogP contribution in [0.1, 0.15) is 25.5 Å². The van der Waals surface area contributed by atoms with Crippen molar-refractivity contribution < 1.29 is 0 Å². The quantitative estimate of drug-likeness (QED) is 0.397. The van der Waals surface area contributed by atoms with Gasteiger partial charge < -0.3 is 15.6 Å². The Labute approximate surface area is 137 Å². The van der Waals surface area contributed by atoms with Crippen molar-refractivity contribution in [2.24, 2.45) is 4.99 Å². The number of unbranched alkanes of at least 4 members (excludes halogenated alkanes) is 1. The summed E-state index contributed by atoms with van der Waals surface area (Å²) in [7, 11) is 0. The standard InChI is InChI=1S/C17H26N4S/c1-3-18-17(19-10-6-7-11-22-2)20-13-15-12-14-8-4-5-9-16(14)21-15/h4-5,8-9,12,21H,3,6-7,10-11,13H2,1-2H3,(H2,18,19,20). The molecule has 0 spiro atoms. The second kappa shape index (κ2) is 9.41. The number of benzene rings is 1. The number of aromatic amines is 1. The molecule has 1 aromatic heterocycles. The Morgan fingerprint density at radius 3 is 2.86 bits per heavy atom. The van der Waals surface area contributed by atoms with Crippen molar-refractivity contribution in [3.05, 3.63) is 36.0 Å². The van der Waals surface area contributed by atoms with E-state index in [1.54, 1.807) is 0 Å². The van der Waals surface area contributed by atoms with Crippen LogP contribution in [-0.2, 0) is 6.54 Å². The van der Waals surface area contributed by atoms with E-state index in [1.807, 2.05) is 17.8 Å². The van der Waals surface area contributed by atoms with Gasteiger partial charge in [0.2, 0.25) is 0 Å². The minimum atomic E-state index is 0.662. The van der Waals surface area contributed by atoms with Crippen LogP contribution in [0.4, 0.5) is 0 Å². The predicted molar refractivity (Wildman–Crippen MR) is 98.7 cm³/mol. The van der Waals surface area contributed by atoms with Crippen molar-refractivity contribution in [3.63, 3.8) is 0 Å². The number of nitrogens with zero attached hydrogens (tertiary/aromatic N) is 1. The highest BCUT2D eigenvalue weighted by molar-refractivity contribution is 7.98. The summed E-state index contributed by atoms with van der Waals surface area (Å²) < 4.78 is 0. The van der Waals surface area contributed by atoms with Crippen molar-refractivity contribution in [2.75, 3.05) is 25.1 Å². The number of para-hydroxylation sites is 1. The van der Waals surface area contributed by atoms with Crippen molar-refractivity contribution in [1.82, 2.24) is 15.6 Å². The molecule has 0 saturated carbocycles. The molecule has 120 valence electrons. The third kappa shape index (κ3) is 5.30. The van der Waals surface area contributed by atoms with Crippen LogP contribution in [0.3, 0.4) is 0 Å². The molecule has 0 aliphatic rings. The van der Waals surface area contributed by atoms with E-state index >= 15 is 0 Å². The van der Waals surface area contributed by atoms with Gasteiger partial charge in [0.1, 0.15) is 0 Å². The smallest absolute Gasteiger partial charge is 0.191 e. The first-order valence-electron chi connectivity index (χ1n) is 7.91. The molecule has 0 fully saturated rings. The van der Waals surface area contributed by atoms with Crippen LogP contribution < -0.4 is 10.6 Å². The van der Waals surface area contributed by atoms with Crippen LogP contribution in [0.25, 0.3) is 10.9 Å². The Hall–Kier alpha value is -1.62. The largest absolute Gasteiger partial charge is 0.357 e. The first-order valence-corrected chi connectivity index (χ1v) is 9.30. The van der Waals surface area contributed by atoms with E-state index in [-0.39, 0.29) is 0 Å². The molecule has 0 bridgehead atoms. The Bertz CT molecular complexity index is 558. The van der Waals surface area contributed by atoms with Gasteiger partial charge in [0.25, 0.3) is 0 Å². The summed E-state index contributed by atoms with van der Waals surface area (Å²) in [6.07, 6.45) is 4.58. The first-order chi connectivity index (χ1) is 10.8. The maximum atomic E-state index is 4.65. The van der Waals surface area contributed by atoms with E-state index in [9.17, 15) is 0 Å². The summed E-state index contributed by atoms with van der Waals surface area (Å²) >= 11 is 1.90. The zero-order chi connectivity index (χ0) is 15.6. The molecule has 5 heteroatoms. The third-order valence-corrected chi connectivity index (χ3v) is 4.10. The molecule has 0 saturated heterocycles. The van der Waals surface area contributed by atoms with E-state index in [1.165, 1.54) is 29.5 Å². The maximum absolute atomic E-state index is 4.65. The SMILES string of the molecule is CCNC(=NCc1cc2ccccc2[nH]1)NCCCCSC. The maximum Gasteiger partial charge on any atom is 0.191 e. The topological polar surface area (TPSA) is 52.2 Å². The summed E-state index contributed by atoms with van der Waals surface area (Å²) in [4.78, 5) is 8.07. The fourth-order valence-corrected chi connectivity index (χ4v) is 2.80. The van der Waals surface area contributed by atoms with Gasteiger partial charge in [-0.2, -0.15) is 11.8 Å². The highest BCUT2D eigenvalue weighted by atomic mass is 32.2. The molecule has 0 aliphatic carbocycles. The van der Waals surface area contributed by atoms with E-state index < -0.39 is 0 Å². The highest BCUT2D eigenvalue weighted by Gasteiger charge is 2.01. The number of rotatable bonds is 8. The number of aromatic nitrogens is 1. The Kier molecular flexibility index (Phi) is 7.16. The van der Waals surface area contributed by atoms with Gasteiger partial charge >= 0.3 is 0 Å². The molecule has 1 heterocycles. The summed E-state index contributed by atoms with van der Waals surface area (Å²) in [5.74, 6) is 2.12. The number of H-pyrrole nitrogens is 1. The van der Waals surface area contributed by atoms with Crippen molar-refractivity contribution in [2.45, 2.75) is 26.3 Å². The van der Waals surface area contributed by atoms with Crippen LogP contribution in [0, 0.1) is 0 Å². The van der Waals surface area contributed by atoms with Gasteiger partial charge in [-0.3, -0.25) is 0 Å². The molecule has 4 nitrogen and oxygen atoms in total. The van der Waals surface area contributed by atoms with E-state index in [2.05, 4.69) is 58.1 Å². The molecular formula is C17H26N4S. The molecule has 0 radical (unpaired) electrons. The van der Waals surface area contributed by atoms with Crippen molar-refractivity contribution >= 4 is 28.6 Å². The van der Waals surface area contributed by atoms with Gasteiger partial charge in [0, 0.05) is 24.3 Å². The van der Waals surface area contributed by atoms with Gasteiger partial charge in [-0.15, -0.1) is 0 Å². The summed E-state index contributed by atoms with van der Waals surface area (Å²) in [6.45, 7) is 4.60. The molecule has 2 rings (SSSR count). The van der Waals surface area contributed by atoms with Gasteiger partial charge in [0.05, 0.1) is 6.54 Å². The fourth-order valence-electron chi connectivity index (χ4n) is 2.30. The summed E-state index contributed by atoms with van der Waals surface area (Å²) in [6, 6.07) is 10.5. The average molecular weight is 318 g/mol. The van der Waals surface area contributed by atoms with Crippen LogP contribution in [0.15, 0.2) is 35.3 Å². The van der Waals surface area contributed by atoms with E-state index in [0.29, 0.717) is 6.54 Å². The number of aliphatic imine (C=N–C) groups is 1. The number of thioether (sulfide) groups is 1. The highest BCUT2D eigenvalue weighted by Crippen LogP contribution is 2.14. The van der Waals surface area contributed by atoms with Gasteiger partial charge in [-0.25, -0.2) is 4.99 Å². The molecule has 22 heavy (non-hydrogen) atoms. The minimum absolute atomic E-state index is 0.662. The second-order valence-corrected chi connectivity index (χ2v) is 6.19. The number of fused-ring (bicyclic) bond motifs is 1. The first kappa shape index (κ1) is 16.7. The Morgan fingerprint density at radius 1 is 1.23 bits per heavy atom. The van der Waals surface area contributed by atoms with E-state index in [0.717, 1.165) is 24.7 Å². The number of nitrogens with one attached hydrogen (secondary N) is 3. The second-order valence-electron chi connectivity index (χ2n) is 5.20. The Morgan fingerprint density at radius 2 is 2.09 bits per heavy atom. The van der Waals surface area contributed by atoms with Crippen LogP contribution in [0.5, 0.6) is 0 Å². The molecule has 0 amide bonds. The lowest BCUT2D eigenvalue weighted by molar-refractivity contribution is 0.734. The average Bonchev–Trinajstić information content (AvgIpc) is 2.95. The summed E-state index contributed by atoms with van der Waals surface area (Å²) in [5, 5.41) is 7.94. The summed E-state index contributed by atoms with van der Waals surface area (Å²) in [5.41, 5.74) is 2.31. The monoisotopic (exact) mass is 318 g/mol. The normalized spacial score (nSPS) is 11.8. The lowest BCUT2D eigenvalue weighted by Gasteiger charge is -2.10.